The molecule has 1 aliphatic heterocycles. The molecule has 26 heavy (non-hydrogen) atoms. The molecule has 1 N–H and O–H groups in total. The number of aromatic nitrogens is 2. The Morgan fingerprint density at radius 1 is 1.04 bits per heavy atom. The first kappa shape index (κ1) is 16.2. The van der Waals surface area contributed by atoms with Crippen LogP contribution in [0.3, 0.4) is 0 Å². The molecule has 2 aromatic carbocycles. The van der Waals surface area contributed by atoms with Gasteiger partial charge in [0.05, 0.1) is 9.79 Å². The number of hydrogen-bond acceptors (Lipinski definition) is 5. The van der Waals surface area contributed by atoms with Crippen LogP contribution in [0.5, 0.6) is 0 Å². The molecule has 1 aliphatic rings. The van der Waals surface area contributed by atoms with E-state index in [4.69, 9.17) is 0 Å². The Morgan fingerprint density at radius 3 is 2.50 bits per heavy atom. The van der Waals surface area contributed by atoms with Crippen molar-refractivity contribution >= 4 is 27.3 Å². The number of aryl methyl sites for hydroxylation is 1. The van der Waals surface area contributed by atoms with E-state index in [1.807, 2.05) is 0 Å². The van der Waals surface area contributed by atoms with Crippen LogP contribution >= 0.6 is 0 Å². The second-order valence-corrected chi connectivity index (χ2v) is 7.75. The minimum Gasteiger partial charge on any atom is -0.305 e. The topological polar surface area (TPSA) is 98.1 Å². The molecule has 0 spiro atoms. The van der Waals surface area contributed by atoms with Gasteiger partial charge in [-0.05, 0) is 30.3 Å². The zero-order valence-corrected chi connectivity index (χ0v) is 14.4. The van der Waals surface area contributed by atoms with Crippen molar-refractivity contribution in [3.8, 4) is 0 Å². The second kappa shape index (κ2) is 5.63. The number of amides is 1. The van der Waals surface area contributed by atoms with E-state index in [0.29, 0.717) is 5.82 Å². The standard InChI is InChI=1S/C18H13N3O4S/c1-21-9-8-16(20-21)19-18(23)11-6-7-13-15(10-11)26(24,25)14-5-3-2-4-12(14)17(13)22/h2-10H,1H3,(H,19,20,23). The van der Waals surface area contributed by atoms with E-state index in [0.717, 1.165) is 0 Å². The highest BCUT2D eigenvalue weighted by Crippen LogP contribution is 2.34. The Kier molecular flexibility index (Phi) is 3.52. The highest BCUT2D eigenvalue weighted by atomic mass is 32.2. The number of rotatable bonds is 2. The Balaban J connectivity index is 1.78. The van der Waals surface area contributed by atoms with Crippen LogP contribution < -0.4 is 5.32 Å². The van der Waals surface area contributed by atoms with Gasteiger partial charge >= 0.3 is 0 Å². The van der Waals surface area contributed by atoms with Crippen molar-refractivity contribution in [3.05, 3.63) is 71.4 Å². The number of hydrogen-bond donors (Lipinski definition) is 1. The van der Waals surface area contributed by atoms with Gasteiger partial charge in [0.2, 0.25) is 9.84 Å². The molecule has 130 valence electrons. The van der Waals surface area contributed by atoms with Crippen molar-refractivity contribution in [2.45, 2.75) is 9.79 Å². The average Bonchev–Trinajstić information content (AvgIpc) is 3.04. The number of carbonyl (C=O) groups is 2. The van der Waals surface area contributed by atoms with E-state index >= 15 is 0 Å². The third-order valence-corrected chi connectivity index (χ3v) is 6.01. The molecule has 0 bridgehead atoms. The molecule has 0 unspecified atom stereocenters. The quantitative estimate of drug-likeness (QED) is 0.585. The summed E-state index contributed by atoms with van der Waals surface area (Å²) in [5.74, 6) is -0.533. The van der Waals surface area contributed by atoms with Crippen LogP contribution in [0.1, 0.15) is 26.3 Å². The van der Waals surface area contributed by atoms with Crippen LogP contribution in [0, 0.1) is 0 Å². The molecule has 1 amide bonds. The van der Waals surface area contributed by atoms with Crippen LogP contribution in [0.15, 0.2) is 64.5 Å². The van der Waals surface area contributed by atoms with Gasteiger partial charge < -0.3 is 5.32 Å². The minimum absolute atomic E-state index is 0.0419. The maximum Gasteiger partial charge on any atom is 0.256 e. The summed E-state index contributed by atoms with van der Waals surface area (Å²) in [6.45, 7) is 0. The lowest BCUT2D eigenvalue weighted by Crippen LogP contribution is -2.21. The highest BCUT2D eigenvalue weighted by molar-refractivity contribution is 7.91. The predicted octanol–water partition coefficient (Wildman–Crippen LogP) is 2.05. The largest absolute Gasteiger partial charge is 0.305 e. The fraction of sp³-hybridized carbons (Fsp3) is 0.0556. The summed E-state index contributed by atoms with van der Waals surface area (Å²) in [5, 5.41) is 6.64. The Labute approximate surface area is 149 Å². The van der Waals surface area contributed by atoms with Gasteiger partial charge in [-0.15, -0.1) is 0 Å². The molecule has 0 saturated heterocycles. The smallest absolute Gasteiger partial charge is 0.256 e. The Hall–Kier alpha value is -3.26. The first-order chi connectivity index (χ1) is 12.4. The summed E-state index contributed by atoms with van der Waals surface area (Å²) in [7, 11) is -2.17. The lowest BCUT2D eigenvalue weighted by Gasteiger charge is -2.19. The van der Waals surface area contributed by atoms with E-state index in [1.165, 1.54) is 35.0 Å². The van der Waals surface area contributed by atoms with Crippen molar-refractivity contribution in [1.82, 2.24) is 9.78 Å². The number of benzene rings is 2. The van der Waals surface area contributed by atoms with Crippen LogP contribution in [0.4, 0.5) is 5.82 Å². The van der Waals surface area contributed by atoms with Gasteiger partial charge in [0, 0.05) is 36.0 Å². The van der Waals surface area contributed by atoms with E-state index in [9.17, 15) is 18.0 Å². The molecule has 1 aromatic heterocycles. The van der Waals surface area contributed by atoms with E-state index in [-0.39, 0.29) is 32.3 Å². The fourth-order valence-corrected chi connectivity index (χ4v) is 4.57. The highest BCUT2D eigenvalue weighted by Gasteiger charge is 2.35. The van der Waals surface area contributed by atoms with Gasteiger partial charge in [-0.2, -0.15) is 5.10 Å². The van der Waals surface area contributed by atoms with Crippen LogP contribution in [-0.2, 0) is 16.9 Å². The van der Waals surface area contributed by atoms with Crippen LogP contribution in [0.25, 0.3) is 0 Å². The van der Waals surface area contributed by atoms with Crippen molar-refractivity contribution in [1.29, 1.82) is 0 Å². The third kappa shape index (κ3) is 2.42. The Bertz CT molecular complexity index is 1180. The number of anilines is 1. The van der Waals surface area contributed by atoms with Gasteiger partial charge in [0.25, 0.3) is 5.91 Å². The van der Waals surface area contributed by atoms with E-state index in [1.54, 1.807) is 31.4 Å². The fourth-order valence-electron chi connectivity index (χ4n) is 2.90. The third-order valence-electron chi connectivity index (χ3n) is 4.15. The SMILES string of the molecule is Cn1ccc(NC(=O)c2ccc3c(c2)S(=O)(=O)c2ccccc2C3=O)n1. The first-order valence-corrected chi connectivity index (χ1v) is 9.20. The molecule has 8 heteroatoms. The van der Waals surface area contributed by atoms with Gasteiger partial charge in [-0.3, -0.25) is 14.3 Å². The summed E-state index contributed by atoms with van der Waals surface area (Å²) in [4.78, 5) is 24.8. The van der Waals surface area contributed by atoms with Crippen molar-refractivity contribution in [3.63, 3.8) is 0 Å². The minimum atomic E-state index is -3.88. The number of nitrogens with one attached hydrogen (secondary N) is 1. The van der Waals surface area contributed by atoms with E-state index in [2.05, 4.69) is 10.4 Å². The second-order valence-electron chi connectivity index (χ2n) is 5.87. The monoisotopic (exact) mass is 367 g/mol. The summed E-state index contributed by atoms with van der Waals surface area (Å²) in [6.07, 6.45) is 1.67. The maximum absolute atomic E-state index is 12.9. The maximum atomic E-state index is 12.9. The molecular formula is C18H13N3O4S. The molecular weight excluding hydrogens is 354 g/mol. The molecule has 0 aliphatic carbocycles. The molecule has 3 aromatic rings. The summed E-state index contributed by atoms with van der Waals surface area (Å²) >= 11 is 0. The van der Waals surface area contributed by atoms with Gasteiger partial charge in [-0.1, -0.05) is 12.1 Å². The lowest BCUT2D eigenvalue weighted by atomic mass is 10.0. The molecule has 7 nitrogen and oxygen atoms in total. The summed E-state index contributed by atoms with van der Waals surface area (Å²) in [5.41, 5.74) is 0.342. The number of fused-ring (bicyclic) bond motifs is 2. The molecule has 0 fully saturated rings. The van der Waals surface area contributed by atoms with Gasteiger partial charge in [0.1, 0.15) is 0 Å². The molecule has 0 radical (unpaired) electrons. The zero-order valence-electron chi connectivity index (χ0n) is 13.6. The van der Waals surface area contributed by atoms with E-state index < -0.39 is 15.7 Å². The molecule has 2 heterocycles. The Morgan fingerprint density at radius 2 is 1.77 bits per heavy atom. The number of nitrogens with zero attached hydrogens (tertiary/aromatic N) is 2. The number of sulfone groups is 1. The number of carbonyl (C=O) groups excluding carboxylic acids is 2. The summed E-state index contributed by atoms with van der Waals surface area (Å²) in [6, 6.07) is 11.7. The zero-order chi connectivity index (χ0) is 18.5. The molecule has 4 rings (SSSR count). The summed E-state index contributed by atoms with van der Waals surface area (Å²) < 4.78 is 27.3. The van der Waals surface area contributed by atoms with Crippen LogP contribution in [0.2, 0.25) is 0 Å². The normalized spacial score (nSPS) is 14.4. The van der Waals surface area contributed by atoms with Gasteiger partial charge in [0.15, 0.2) is 11.6 Å². The van der Waals surface area contributed by atoms with Crippen molar-refractivity contribution in [2.24, 2.45) is 7.05 Å². The van der Waals surface area contributed by atoms with Crippen LogP contribution in [-0.4, -0.2) is 29.9 Å². The molecule has 0 atom stereocenters. The lowest BCUT2D eigenvalue weighted by molar-refractivity contribution is 0.101. The van der Waals surface area contributed by atoms with Crippen molar-refractivity contribution in [2.75, 3.05) is 5.32 Å². The number of ketones is 1. The van der Waals surface area contributed by atoms with Gasteiger partial charge in [-0.25, -0.2) is 8.42 Å². The molecule has 0 saturated carbocycles. The predicted molar refractivity (Wildman–Crippen MR) is 92.9 cm³/mol. The first-order valence-electron chi connectivity index (χ1n) is 7.72. The average molecular weight is 367 g/mol. The van der Waals surface area contributed by atoms with Crippen molar-refractivity contribution < 1.29 is 18.0 Å².